The maximum Gasteiger partial charge on any atom is 0.134 e. The molecule has 0 unspecified atom stereocenters. The third-order valence-electron chi connectivity index (χ3n) is 4.00. The Morgan fingerprint density at radius 3 is 2.64 bits per heavy atom. The smallest absolute Gasteiger partial charge is 0.134 e. The van der Waals surface area contributed by atoms with Gasteiger partial charge in [0, 0.05) is 23.7 Å². The molecule has 2 aromatic rings. The minimum Gasteiger partial charge on any atom is -1.00 e. The van der Waals surface area contributed by atoms with Crippen LogP contribution in [-0.4, -0.2) is 44.3 Å². The minimum atomic E-state index is 0. The number of hydrogen-bond donors (Lipinski definition) is 1. The zero-order valence-corrected chi connectivity index (χ0v) is 16.3. The number of halogens is 3. The molecule has 1 N–H and O–H groups in total. The number of nitrogens with one attached hydrogen (secondary N) is 1. The molecule has 0 atom stereocenters. The quantitative estimate of drug-likeness (QED) is 0.514. The molecular formula is C18H23Cl3N2O2-2. The van der Waals surface area contributed by atoms with Crippen LogP contribution in [0, 0.1) is 0 Å². The lowest BCUT2D eigenvalue weighted by molar-refractivity contribution is -0.001000. The summed E-state index contributed by atoms with van der Waals surface area (Å²) in [5.41, 5.74) is 1.01. The maximum absolute atomic E-state index is 6.02. The van der Waals surface area contributed by atoms with Crippen LogP contribution in [0.2, 0.25) is 5.02 Å². The van der Waals surface area contributed by atoms with E-state index in [0.717, 1.165) is 74.5 Å². The van der Waals surface area contributed by atoms with Crippen molar-refractivity contribution in [3.63, 3.8) is 0 Å². The molecule has 3 rings (SSSR count). The van der Waals surface area contributed by atoms with Crippen LogP contribution >= 0.6 is 11.6 Å². The Labute approximate surface area is 166 Å². The predicted molar refractivity (Wildman–Crippen MR) is 92.7 cm³/mol. The molecule has 4 nitrogen and oxygen atoms in total. The number of benzene rings is 1. The fourth-order valence-electron chi connectivity index (χ4n) is 2.73. The summed E-state index contributed by atoms with van der Waals surface area (Å²) in [5.74, 6) is 1.81. The Balaban J connectivity index is 0.00000156. The van der Waals surface area contributed by atoms with Crippen LogP contribution in [0.25, 0.3) is 11.3 Å². The standard InChI is InChI=1S/C18H23ClN2O2.2ClH/c19-16-4-1-3-15(13-16)18-6-5-17(23-18)14-20-7-2-8-21-9-11-22-12-10-21;;/h1,3-6,13,20H,2,7-12,14H2;2*1H/p-2. The van der Waals surface area contributed by atoms with Gasteiger partial charge in [0.2, 0.25) is 0 Å². The van der Waals surface area contributed by atoms with Gasteiger partial charge in [-0.1, -0.05) is 23.7 Å². The second kappa shape index (κ2) is 11.8. The second-order valence-corrected chi connectivity index (χ2v) is 6.20. The summed E-state index contributed by atoms with van der Waals surface area (Å²) < 4.78 is 11.2. The van der Waals surface area contributed by atoms with E-state index in [4.69, 9.17) is 20.8 Å². The van der Waals surface area contributed by atoms with Crippen molar-refractivity contribution in [2.24, 2.45) is 0 Å². The largest absolute Gasteiger partial charge is 1.00 e. The second-order valence-electron chi connectivity index (χ2n) is 5.76. The molecule has 0 spiro atoms. The highest BCUT2D eigenvalue weighted by Crippen LogP contribution is 2.24. The van der Waals surface area contributed by atoms with Gasteiger partial charge in [-0.2, -0.15) is 0 Å². The highest BCUT2D eigenvalue weighted by molar-refractivity contribution is 6.30. The number of nitrogens with zero attached hydrogens (tertiary/aromatic N) is 1. The molecule has 1 aliphatic heterocycles. The number of rotatable bonds is 7. The van der Waals surface area contributed by atoms with E-state index >= 15 is 0 Å². The van der Waals surface area contributed by atoms with Crippen molar-refractivity contribution < 1.29 is 34.0 Å². The molecule has 25 heavy (non-hydrogen) atoms. The molecular weight excluding hydrogens is 383 g/mol. The summed E-state index contributed by atoms with van der Waals surface area (Å²) in [6.07, 6.45) is 1.14. The Hall–Kier alpha value is -0.750. The van der Waals surface area contributed by atoms with Crippen molar-refractivity contribution in [3.05, 3.63) is 47.2 Å². The van der Waals surface area contributed by atoms with Crippen molar-refractivity contribution in [1.82, 2.24) is 10.2 Å². The van der Waals surface area contributed by atoms with Crippen LogP contribution in [0.3, 0.4) is 0 Å². The number of hydrogen-bond acceptors (Lipinski definition) is 4. The molecule has 1 aliphatic rings. The average molecular weight is 406 g/mol. The van der Waals surface area contributed by atoms with E-state index in [1.807, 2.05) is 36.4 Å². The zero-order valence-electron chi connectivity index (χ0n) is 14.0. The molecule has 140 valence electrons. The van der Waals surface area contributed by atoms with Gasteiger partial charge in [0.15, 0.2) is 0 Å². The van der Waals surface area contributed by atoms with Gasteiger partial charge in [-0.25, -0.2) is 0 Å². The Morgan fingerprint density at radius 2 is 1.88 bits per heavy atom. The van der Waals surface area contributed by atoms with Crippen molar-refractivity contribution in [2.45, 2.75) is 13.0 Å². The SMILES string of the molecule is Clc1cccc(-c2ccc(CNCCCN3CCOCC3)o2)c1.[Cl-].[Cl-]. The van der Waals surface area contributed by atoms with Gasteiger partial charge in [0.05, 0.1) is 19.8 Å². The van der Waals surface area contributed by atoms with Gasteiger partial charge in [0.1, 0.15) is 11.5 Å². The van der Waals surface area contributed by atoms with Crippen LogP contribution in [0.15, 0.2) is 40.8 Å². The topological polar surface area (TPSA) is 37.6 Å². The van der Waals surface area contributed by atoms with Gasteiger partial charge >= 0.3 is 0 Å². The third kappa shape index (κ3) is 7.18. The Kier molecular flexibility index (Phi) is 10.5. The van der Waals surface area contributed by atoms with Gasteiger partial charge < -0.3 is 39.3 Å². The molecule has 1 saturated heterocycles. The summed E-state index contributed by atoms with van der Waals surface area (Å²) in [7, 11) is 0. The summed E-state index contributed by atoms with van der Waals surface area (Å²) >= 11 is 6.02. The highest BCUT2D eigenvalue weighted by Gasteiger charge is 2.09. The molecule has 7 heteroatoms. The number of morpholine rings is 1. The first-order chi connectivity index (χ1) is 11.3. The Bertz CT molecular complexity index is 616. The molecule has 0 saturated carbocycles. The minimum absolute atomic E-state index is 0. The molecule has 0 bridgehead atoms. The molecule has 1 aromatic carbocycles. The molecule has 0 amide bonds. The predicted octanol–water partition coefficient (Wildman–Crippen LogP) is -2.58. The first-order valence-electron chi connectivity index (χ1n) is 8.17. The zero-order chi connectivity index (χ0) is 15.9. The van der Waals surface area contributed by atoms with Gasteiger partial charge in [-0.15, -0.1) is 0 Å². The summed E-state index contributed by atoms with van der Waals surface area (Å²) in [6, 6.07) is 11.7. The molecule has 1 fully saturated rings. The van der Waals surface area contributed by atoms with Gasteiger partial charge in [0.25, 0.3) is 0 Å². The van der Waals surface area contributed by atoms with E-state index < -0.39 is 0 Å². The fraction of sp³-hybridized carbons (Fsp3) is 0.444. The third-order valence-corrected chi connectivity index (χ3v) is 4.24. The lowest BCUT2D eigenvalue weighted by Gasteiger charge is -2.26. The van der Waals surface area contributed by atoms with Crippen LogP contribution in [0.5, 0.6) is 0 Å². The lowest BCUT2D eigenvalue weighted by atomic mass is 10.2. The van der Waals surface area contributed by atoms with E-state index in [0.29, 0.717) is 0 Å². The first kappa shape index (κ1) is 22.3. The monoisotopic (exact) mass is 404 g/mol. The fourth-order valence-corrected chi connectivity index (χ4v) is 2.92. The number of ether oxygens (including phenoxy) is 1. The summed E-state index contributed by atoms with van der Waals surface area (Å²) in [5, 5.41) is 4.16. The summed E-state index contributed by atoms with van der Waals surface area (Å²) in [6.45, 7) is 6.72. The van der Waals surface area contributed by atoms with E-state index in [-0.39, 0.29) is 24.8 Å². The van der Waals surface area contributed by atoms with Gasteiger partial charge in [-0.05, 0) is 43.8 Å². The Morgan fingerprint density at radius 1 is 1.08 bits per heavy atom. The molecule has 0 radical (unpaired) electrons. The summed E-state index contributed by atoms with van der Waals surface area (Å²) in [4.78, 5) is 2.45. The van der Waals surface area contributed by atoms with Crippen LogP contribution < -0.4 is 30.1 Å². The van der Waals surface area contributed by atoms with Gasteiger partial charge in [-0.3, -0.25) is 4.90 Å². The van der Waals surface area contributed by atoms with Crippen LogP contribution in [-0.2, 0) is 11.3 Å². The normalized spacial score (nSPS) is 14.6. The lowest BCUT2D eigenvalue weighted by Crippen LogP contribution is -3.00. The van der Waals surface area contributed by atoms with E-state index in [1.165, 1.54) is 0 Å². The highest BCUT2D eigenvalue weighted by atomic mass is 35.5. The van der Waals surface area contributed by atoms with Crippen LogP contribution in [0.4, 0.5) is 0 Å². The maximum atomic E-state index is 6.02. The van der Waals surface area contributed by atoms with Crippen LogP contribution in [0.1, 0.15) is 12.2 Å². The number of furan rings is 1. The van der Waals surface area contributed by atoms with Crippen molar-refractivity contribution in [3.8, 4) is 11.3 Å². The molecule has 1 aromatic heterocycles. The van der Waals surface area contributed by atoms with Crippen molar-refractivity contribution in [1.29, 1.82) is 0 Å². The molecule has 2 heterocycles. The van der Waals surface area contributed by atoms with Crippen molar-refractivity contribution in [2.75, 3.05) is 39.4 Å². The van der Waals surface area contributed by atoms with E-state index in [1.54, 1.807) is 0 Å². The van der Waals surface area contributed by atoms with Crippen molar-refractivity contribution >= 4 is 11.6 Å². The van der Waals surface area contributed by atoms with E-state index in [9.17, 15) is 0 Å². The average Bonchev–Trinajstić information content (AvgIpc) is 3.04. The first-order valence-corrected chi connectivity index (χ1v) is 8.54. The van der Waals surface area contributed by atoms with E-state index in [2.05, 4.69) is 10.2 Å². The molecule has 0 aliphatic carbocycles.